The number of thiocarbonyl (C=S) groups is 1. The molecule has 1 aromatic carbocycles. The zero-order chi connectivity index (χ0) is 19.2. The van der Waals surface area contributed by atoms with E-state index in [2.05, 4.69) is 10.3 Å². The number of carbonyl (C=O) groups is 2. The molecule has 2 amide bonds. The molecule has 1 fully saturated rings. The highest BCUT2D eigenvalue weighted by molar-refractivity contribution is 8.26. The van der Waals surface area contributed by atoms with Gasteiger partial charge in [-0.3, -0.25) is 14.5 Å². The number of nitrogens with zero attached hydrogens (tertiary/aromatic N) is 2. The fourth-order valence-electron chi connectivity index (χ4n) is 2.41. The van der Waals surface area contributed by atoms with E-state index in [1.54, 1.807) is 23.6 Å². The van der Waals surface area contributed by atoms with Crippen molar-refractivity contribution in [3.63, 3.8) is 0 Å². The maximum absolute atomic E-state index is 12.6. The van der Waals surface area contributed by atoms with Crippen LogP contribution in [0.3, 0.4) is 0 Å². The van der Waals surface area contributed by atoms with Gasteiger partial charge in [-0.05, 0) is 30.2 Å². The smallest absolute Gasteiger partial charge is 0.266 e. The number of thioether (sulfide) groups is 1. The van der Waals surface area contributed by atoms with Crippen molar-refractivity contribution in [2.24, 2.45) is 0 Å². The zero-order valence-electron chi connectivity index (χ0n) is 14.5. The molecule has 0 bridgehead atoms. The van der Waals surface area contributed by atoms with Crippen LogP contribution in [0.2, 0.25) is 0 Å². The third-order valence-corrected chi connectivity index (χ3v) is 5.82. The molecular formula is C18H17N3O3S3. The first-order chi connectivity index (χ1) is 13.1. The summed E-state index contributed by atoms with van der Waals surface area (Å²) in [5, 5.41) is 5.10. The Kier molecular flexibility index (Phi) is 6.59. The van der Waals surface area contributed by atoms with Gasteiger partial charge in [0.25, 0.3) is 5.91 Å². The minimum absolute atomic E-state index is 0.121. The van der Waals surface area contributed by atoms with Crippen molar-refractivity contribution in [1.29, 1.82) is 0 Å². The standard InChI is InChI=1S/C18H17N3O3S3/c1-24-13-6-4-12(5-7-13)11-14-16(23)21(18(25)27-14)9-2-3-15(22)20-17-19-8-10-26-17/h4-8,10-11H,2-3,9H2,1H3,(H,19,20,22). The normalized spacial score (nSPS) is 15.4. The van der Waals surface area contributed by atoms with Crippen LogP contribution in [-0.2, 0) is 9.59 Å². The molecule has 1 aliphatic rings. The number of carbonyl (C=O) groups excluding carboxylic acids is 2. The summed E-state index contributed by atoms with van der Waals surface area (Å²) in [6.07, 6.45) is 4.27. The van der Waals surface area contributed by atoms with Crippen LogP contribution in [0.1, 0.15) is 18.4 Å². The summed E-state index contributed by atoms with van der Waals surface area (Å²) < 4.78 is 5.65. The first-order valence-corrected chi connectivity index (χ1v) is 10.3. The zero-order valence-corrected chi connectivity index (χ0v) is 17.0. The van der Waals surface area contributed by atoms with Gasteiger partial charge in [-0.25, -0.2) is 4.98 Å². The molecule has 140 valence electrons. The van der Waals surface area contributed by atoms with Crippen LogP contribution < -0.4 is 10.1 Å². The minimum Gasteiger partial charge on any atom is -0.497 e. The van der Waals surface area contributed by atoms with E-state index in [1.165, 1.54) is 23.1 Å². The number of nitrogens with one attached hydrogen (secondary N) is 1. The van der Waals surface area contributed by atoms with E-state index in [-0.39, 0.29) is 11.8 Å². The molecular weight excluding hydrogens is 402 g/mol. The fourth-order valence-corrected chi connectivity index (χ4v) is 4.26. The van der Waals surface area contributed by atoms with E-state index in [0.717, 1.165) is 11.3 Å². The van der Waals surface area contributed by atoms with E-state index < -0.39 is 0 Å². The van der Waals surface area contributed by atoms with Gasteiger partial charge in [0.15, 0.2) is 5.13 Å². The number of amides is 2. The first-order valence-electron chi connectivity index (χ1n) is 8.15. The van der Waals surface area contributed by atoms with Gasteiger partial charge in [0.2, 0.25) is 5.91 Å². The van der Waals surface area contributed by atoms with E-state index in [9.17, 15) is 9.59 Å². The molecule has 0 saturated carbocycles. The van der Waals surface area contributed by atoms with Crippen LogP contribution in [0.5, 0.6) is 5.75 Å². The van der Waals surface area contributed by atoms with E-state index >= 15 is 0 Å². The highest BCUT2D eigenvalue weighted by atomic mass is 32.2. The van der Waals surface area contributed by atoms with Gasteiger partial charge in [-0.2, -0.15) is 0 Å². The quantitative estimate of drug-likeness (QED) is 0.544. The third kappa shape index (κ3) is 5.15. The van der Waals surface area contributed by atoms with Crippen LogP contribution in [0.25, 0.3) is 6.08 Å². The average Bonchev–Trinajstić information content (AvgIpc) is 3.26. The molecule has 6 nitrogen and oxygen atoms in total. The molecule has 9 heteroatoms. The first kappa shape index (κ1) is 19.5. The second-order valence-corrected chi connectivity index (χ2v) is 8.17. The highest BCUT2D eigenvalue weighted by Gasteiger charge is 2.31. The second kappa shape index (κ2) is 9.12. The molecule has 0 spiro atoms. The molecule has 1 aliphatic heterocycles. The molecule has 2 heterocycles. The number of benzene rings is 1. The minimum atomic E-state index is -0.124. The molecule has 0 atom stereocenters. The third-order valence-electron chi connectivity index (χ3n) is 3.75. The Bertz CT molecular complexity index is 864. The lowest BCUT2D eigenvalue weighted by molar-refractivity contribution is -0.122. The van der Waals surface area contributed by atoms with Crippen molar-refractivity contribution in [3.05, 3.63) is 46.3 Å². The van der Waals surface area contributed by atoms with Crippen molar-refractivity contribution in [2.75, 3.05) is 19.0 Å². The average molecular weight is 420 g/mol. The van der Waals surface area contributed by atoms with Crippen LogP contribution in [0.4, 0.5) is 5.13 Å². The molecule has 1 saturated heterocycles. The Morgan fingerprint density at radius 2 is 2.15 bits per heavy atom. The van der Waals surface area contributed by atoms with E-state index in [1.807, 2.05) is 30.3 Å². The SMILES string of the molecule is COc1ccc(C=C2SC(=S)N(CCCC(=O)Nc3nccs3)C2=O)cc1. The number of rotatable bonds is 7. The molecule has 1 N–H and O–H groups in total. The molecule has 0 radical (unpaired) electrons. The molecule has 1 aromatic heterocycles. The number of hydrogen-bond donors (Lipinski definition) is 1. The summed E-state index contributed by atoms with van der Waals surface area (Å²) in [6, 6.07) is 7.45. The fraction of sp³-hybridized carbons (Fsp3) is 0.222. The summed E-state index contributed by atoms with van der Waals surface area (Å²) in [5.74, 6) is 0.515. The Balaban J connectivity index is 1.54. The summed E-state index contributed by atoms with van der Waals surface area (Å²) in [7, 11) is 1.61. The Morgan fingerprint density at radius 1 is 1.37 bits per heavy atom. The lowest BCUT2D eigenvalue weighted by Crippen LogP contribution is -2.29. The molecule has 0 aliphatic carbocycles. The lowest BCUT2D eigenvalue weighted by atomic mass is 10.2. The van der Waals surface area contributed by atoms with Gasteiger partial charge in [-0.1, -0.05) is 36.1 Å². The lowest BCUT2D eigenvalue weighted by Gasteiger charge is -2.13. The molecule has 0 unspecified atom stereocenters. The van der Waals surface area contributed by atoms with Crippen molar-refractivity contribution in [1.82, 2.24) is 9.88 Å². The number of hydrogen-bond acceptors (Lipinski definition) is 7. The number of methoxy groups -OCH3 is 1. The number of anilines is 1. The highest BCUT2D eigenvalue weighted by Crippen LogP contribution is 2.33. The largest absolute Gasteiger partial charge is 0.497 e. The summed E-state index contributed by atoms with van der Waals surface area (Å²) in [6.45, 7) is 0.413. The monoisotopic (exact) mass is 419 g/mol. The van der Waals surface area contributed by atoms with Gasteiger partial charge >= 0.3 is 0 Å². The Hall–Kier alpha value is -2.23. The maximum Gasteiger partial charge on any atom is 0.266 e. The van der Waals surface area contributed by atoms with Gasteiger partial charge in [-0.15, -0.1) is 11.3 Å². The van der Waals surface area contributed by atoms with Crippen LogP contribution in [0, 0.1) is 0 Å². The topological polar surface area (TPSA) is 71.5 Å². The number of aromatic nitrogens is 1. The van der Waals surface area contributed by atoms with Crippen molar-refractivity contribution in [3.8, 4) is 5.75 Å². The predicted molar refractivity (Wildman–Crippen MR) is 113 cm³/mol. The van der Waals surface area contributed by atoms with Crippen molar-refractivity contribution < 1.29 is 14.3 Å². The van der Waals surface area contributed by atoms with Crippen LogP contribution in [-0.4, -0.2) is 39.7 Å². The molecule has 2 aromatic rings. The van der Waals surface area contributed by atoms with Crippen LogP contribution in [0.15, 0.2) is 40.7 Å². The van der Waals surface area contributed by atoms with Crippen molar-refractivity contribution >= 4 is 62.7 Å². The van der Waals surface area contributed by atoms with E-state index in [4.69, 9.17) is 17.0 Å². The summed E-state index contributed by atoms with van der Waals surface area (Å²) in [4.78, 5) is 30.6. The number of thiazole rings is 1. The molecule has 27 heavy (non-hydrogen) atoms. The second-order valence-electron chi connectivity index (χ2n) is 5.60. The summed E-state index contributed by atoms with van der Waals surface area (Å²) >= 11 is 7.97. The maximum atomic E-state index is 12.6. The van der Waals surface area contributed by atoms with Gasteiger partial charge in [0.05, 0.1) is 12.0 Å². The molecule has 3 rings (SSSR count). The van der Waals surface area contributed by atoms with Gasteiger partial charge < -0.3 is 10.1 Å². The number of ether oxygens (including phenoxy) is 1. The van der Waals surface area contributed by atoms with Crippen molar-refractivity contribution in [2.45, 2.75) is 12.8 Å². The Morgan fingerprint density at radius 3 is 2.81 bits per heavy atom. The predicted octanol–water partition coefficient (Wildman–Crippen LogP) is 3.77. The van der Waals surface area contributed by atoms with Gasteiger partial charge in [0, 0.05) is 24.5 Å². The van der Waals surface area contributed by atoms with Crippen LogP contribution >= 0.6 is 35.3 Å². The van der Waals surface area contributed by atoms with E-state index in [0.29, 0.717) is 33.7 Å². The Labute approximate surface area is 170 Å². The summed E-state index contributed by atoms with van der Waals surface area (Å²) in [5.41, 5.74) is 0.902. The van der Waals surface area contributed by atoms with Gasteiger partial charge in [0.1, 0.15) is 10.1 Å².